The number of nitrogens with one attached hydrogen (secondary N) is 1. The zero-order valence-corrected chi connectivity index (χ0v) is 12.8. The van der Waals surface area contributed by atoms with Gasteiger partial charge in [-0.2, -0.15) is 0 Å². The Morgan fingerprint density at radius 1 is 1.24 bits per heavy atom. The van der Waals surface area contributed by atoms with E-state index in [1.54, 1.807) is 0 Å². The van der Waals surface area contributed by atoms with Crippen LogP contribution in [0.2, 0.25) is 0 Å². The first kappa shape index (κ1) is 14.4. The third-order valence-corrected chi connectivity index (χ3v) is 3.67. The predicted molar refractivity (Wildman–Crippen MR) is 81.0 cm³/mol. The molecule has 0 saturated heterocycles. The Kier molecular flexibility index (Phi) is 5.83. The number of rotatable bonds is 6. The first-order valence-corrected chi connectivity index (χ1v) is 7.08. The average molecular weight is 299 g/mol. The van der Waals surface area contributed by atoms with Crippen molar-refractivity contribution in [2.24, 2.45) is 5.92 Å². The quantitative estimate of drug-likeness (QED) is 0.839. The summed E-state index contributed by atoms with van der Waals surface area (Å²) in [5.41, 5.74) is 2.44. The molecule has 17 heavy (non-hydrogen) atoms. The Morgan fingerprint density at radius 2 is 1.88 bits per heavy atom. The van der Waals surface area contributed by atoms with Gasteiger partial charge in [0.05, 0.1) is 11.4 Å². The summed E-state index contributed by atoms with van der Waals surface area (Å²) >= 11 is 3.53. The van der Waals surface area contributed by atoms with Crippen LogP contribution in [0.4, 0.5) is 11.4 Å². The number of hydrogen-bond acceptors (Lipinski definition) is 2. The number of nitrogens with zero attached hydrogens (tertiary/aromatic N) is 1. The Bertz CT molecular complexity index is 346. The van der Waals surface area contributed by atoms with Gasteiger partial charge in [-0.05, 0) is 24.1 Å². The fourth-order valence-corrected chi connectivity index (χ4v) is 2.23. The van der Waals surface area contributed by atoms with E-state index in [-0.39, 0.29) is 0 Å². The molecule has 0 aliphatic rings. The number of halogens is 1. The zero-order valence-electron chi connectivity index (χ0n) is 11.3. The van der Waals surface area contributed by atoms with Gasteiger partial charge in [0.25, 0.3) is 0 Å². The second-order valence-electron chi connectivity index (χ2n) is 4.62. The minimum Gasteiger partial charge on any atom is -0.383 e. The van der Waals surface area contributed by atoms with Gasteiger partial charge in [-0.15, -0.1) is 0 Å². The summed E-state index contributed by atoms with van der Waals surface area (Å²) < 4.78 is 1.12. The first-order chi connectivity index (χ1) is 8.08. The summed E-state index contributed by atoms with van der Waals surface area (Å²) in [7, 11) is 4.15. The molecular formula is C14H23BrN2. The lowest BCUT2D eigenvalue weighted by Crippen LogP contribution is -2.16. The number of benzene rings is 1. The van der Waals surface area contributed by atoms with Gasteiger partial charge >= 0.3 is 0 Å². The highest BCUT2D eigenvalue weighted by Crippen LogP contribution is 2.28. The van der Waals surface area contributed by atoms with Gasteiger partial charge in [0.1, 0.15) is 0 Å². The molecule has 0 radical (unpaired) electrons. The molecule has 1 aromatic carbocycles. The van der Waals surface area contributed by atoms with Crippen molar-refractivity contribution in [1.29, 1.82) is 0 Å². The molecule has 3 heteroatoms. The van der Waals surface area contributed by atoms with Crippen LogP contribution in [0, 0.1) is 5.92 Å². The molecule has 0 unspecified atom stereocenters. The van der Waals surface area contributed by atoms with Crippen molar-refractivity contribution in [1.82, 2.24) is 0 Å². The minimum atomic E-state index is 0.754. The van der Waals surface area contributed by atoms with E-state index < -0.39 is 0 Å². The molecule has 0 aliphatic carbocycles. The molecule has 0 atom stereocenters. The highest BCUT2D eigenvalue weighted by atomic mass is 79.9. The van der Waals surface area contributed by atoms with Crippen LogP contribution < -0.4 is 10.2 Å². The molecular weight excluding hydrogens is 276 g/mol. The van der Waals surface area contributed by atoms with E-state index in [2.05, 4.69) is 72.3 Å². The SMILES string of the molecule is CCC(CC)CNc1cc(Br)ccc1N(C)C. The van der Waals surface area contributed by atoms with E-state index in [0.29, 0.717) is 0 Å². The van der Waals surface area contributed by atoms with E-state index in [0.717, 1.165) is 16.9 Å². The minimum absolute atomic E-state index is 0.754. The van der Waals surface area contributed by atoms with Crippen molar-refractivity contribution in [2.75, 3.05) is 30.9 Å². The molecule has 1 N–H and O–H groups in total. The lowest BCUT2D eigenvalue weighted by molar-refractivity contribution is 0.519. The summed E-state index contributed by atoms with van der Waals surface area (Å²) in [5.74, 6) is 0.754. The lowest BCUT2D eigenvalue weighted by Gasteiger charge is -2.21. The maximum Gasteiger partial charge on any atom is 0.0597 e. The molecule has 1 rings (SSSR count). The van der Waals surface area contributed by atoms with Crippen LogP contribution in [0.15, 0.2) is 22.7 Å². The fourth-order valence-electron chi connectivity index (χ4n) is 1.87. The Labute approximate surface area is 114 Å². The molecule has 1 aromatic rings. The van der Waals surface area contributed by atoms with Crippen LogP contribution in [-0.4, -0.2) is 20.6 Å². The average Bonchev–Trinajstić information content (AvgIpc) is 2.30. The first-order valence-electron chi connectivity index (χ1n) is 6.29. The van der Waals surface area contributed by atoms with Crippen molar-refractivity contribution >= 4 is 27.3 Å². The van der Waals surface area contributed by atoms with Crippen molar-refractivity contribution < 1.29 is 0 Å². The third-order valence-electron chi connectivity index (χ3n) is 3.18. The van der Waals surface area contributed by atoms with Gasteiger partial charge in [0.2, 0.25) is 0 Å². The Balaban J connectivity index is 2.78. The van der Waals surface area contributed by atoms with E-state index in [9.17, 15) is 0 Å². The summed E-state index contributed by atoms with van der Waals surface area (Å²) in [5, 5.41) is 3.57. The van der Waals surface area contributed by atoms with Gasteiger partial charge < -0.3 is 10.2 Å². The zero-order chi connectivity index (χ0) is 12.8. The summed E-state index contributed by atoms with van der Waals surface area (Å²) in [6.07, 6.45) is 2.46. The number of hydrogen-bond donors (Lipinski definition) is 1. The number of anilines is 2. The van der Waals surface area contributed by atoms with Crippen LogP contribution in [-0.2, 0) is 0 Å². The fraction of sp³-hybridized carbons (Fsp3) is 0.571. The molecule has 0 heterocycles. The summed E-state index contributed by atoms with van der Waals surface area (Å²) in [4.78, 5) is 2.14. The van der Waals surface area contributed by atoms with Crippen molar-refractivity contribution in [3.8, 4) is 0 Å². The van der Waals surface area contributed by atoms with Crippen molar-refractivity contribution in [3.63, 3.8) is 0 Å². The smallest absolute Gasteiger partial charge is 0.0597 e. The standard InChI is InChI=1S/C14H23BrN2/c1-5-11(6-2)10-16-13-9-12(15)7-8-14(13)17(3)4/h7-9,11,16H,5-6,10H2,1-4H3. The lowest BCUT2D eigenvalue weighted by atomic mass is 10.0. The second-order valence-corrected chi connectivity index (χ2v) is 5.53. The van der Waals surface area contributed by atoms with E-state index in [4.69, 9.17) is 0 Å². The summed E-state index contributed by atoms with van der Waals surface area (Å²) in [6, 6.07) is 6.37. The van der Waals surface area contributed by atoms with Crippen LogP contribution in [0.1, 0.15) is 26.7 Å². The highest BCUT2D eigenvalue weighted by molar-refractivity contribution is 9.10. The molecule has 0 bridgehead atoms. The van der Waals surface area contributed by atoms with Crippen molar-refractivity contribution in [2.45, 2.75) is 26.7 Å². The van der Waals surface area contributed by atoms with E-state index in [1.807, 2.05) is 0 Å². The molecule has 96 valence electrons. The van der Waals surface area contributed by atoms with Crippen LogP contribution in [0.25, 0.3) is 0 Å². The van der Waals surface area contributed by atoms with E-state index in [1.165, 1.54) is 24.2 Å². The normalized spacial score (nSPS) is 10.7. The molecule has 0 amide bonds. The summed E-state index contributed by atoms with van der Waals surface area (Å²) in [6.45, 7) is 5.55. The topological polar surface area (TPSA) is 15.3 Å². The highest BCUT2D eigenvalue weighted by Gasteiger charge is 2.07. The van der Waals surface area contributed by atoms with Crippen LogP contribution in [0.3, 0.4) is 0 Å². The molecule has 0 spiro atoms. The van der Waals surface area contributed by atoms with Gasteiger partial charge in [0, 0.05) is 25.1 Å². The maximum absolute atomic E-state index is 3.57. The van der Waals surface area contributed by atoms with Crippen molar-refractivity contribution in [3.05, 3.63) is 22.7 Å². The third kappa shape index (κ3) is 4.23. The molecule has 0 fully saturated rings. The van der Waals surface area contributed by atoms with Gasteiger partial charge in [0.15, 0.2) is 0 Å². The second kappa shape index (κ2) is 6.90. The van der Waals surface area contributed by atoms with Gasteiger partial charge in [-0.3, -0.25) is 0 Å². The van der Waals surface area contributed by atoms with Crippen LogP contribution >= 0.6 is 15.9 Å². The Hall–Kier alpha value is -0.700. The molecule has 0 saturated carbocycles. The monoisotopic (exact) mass is 298 g/mol. The Morgan fingerprint density at radius 3 is 2.41 bits per heavy atom. The van der Waals surface area contributed by atoms with E-state index >= 15 is 0 Å². The largest absolute Gasteiger partial charge is 0.383 e. The van der Waals surface area contributed by atoms with Gasteiger partial charge in [-0.1, -0.05) is 42.6 Å². The molecule has 0 aliphatic heterocycles. The predicted octanol–water partition coefficient (Wildman–Crippen LogP) is 4.36. The molecule has 2 nitrogen and oxygen atoms in total. The maximum atomic E-state index is 3.57. The van der Waals surface area contributed by atoms with Crippen LogP contribution in [0.5, 0.6) is 0 Å². The molecule has 0 aromatic heterocycles. The van der Waals surface area contributed by atoms with Gasteiger partial charge in [-0.25, -0.2) is 0 Å².